The van der Waals surface area contributed by atoms with Gasteiger partial charge in [-0.15, -0.1) is 0 Å². The molecule has 164 valence electrons. The zero-order valence-electron chi connectivity index (χ0n) is 18.6. The molecule has 0 amide bonds. The van der Waals surface area contributed by atoms with Crippen molar-refractivity contribution in [2.75, 3.05) is 7.11 Å². The van der Waals surface area contributed by atoms with Crippen molar-refractivity contribution in [3.05, 3.63) is 63.5 Å². The number of aliphatic carboxylic acids is 1. The van der Waals surface area contributed by atoms with E-state index in [-0.39, 0.29) is 18.2 Å². The molecule has 0 aliphatic carbocycles. The molecule has 2 N–H and O–H groups in total. The van der Waals surface area contributed by atoms with E-state index >= 15 is 0 Å². The second-order valence-corrected chi connectivity index (χ2v) is 8.01. The average molecular weight is 417 g/mol. The highest BCUT2D eigenvalue weighted by atomic mass is 19.1. The van der Waals surface area contributed by atoms with Crippen LogP contribution in [0.5, 0.6) is 5.75 Å². The van der Waals surface area contributed by atoms with Crippen LogP contribution in [-0.2, 0) is 4.79 Å². The number of methoxy groups -OCH3 is 1. The molecule has 30 heavy (non-hydrogen) atoms. The van der Waals surface area contributed by atoms with Gasteiger partial charge in [0.05, 0.1) is 13.2 Å². The summed E-state index contributed by atoms with van der Waals surface area (Å²) in [6, 6.07) is 6.52. The molecule has 2 atom stereocenters. The van der Waals surface area contributed by atoms with E-state index in [1.165, 1.54) is 12.1 Å². The van der Waals surface area contributed by atoms with Gasteiger partial charge in [0, 0.05) is 17.9 Å². The minimum Gasteiger partial charge on any atom is -0.496 e. The molecule has 2 rings (SSSR count). The lowest BCUT2D eigenvalue weighted by atomic mass is 9.79. The number of unbranched alkanes of at least 4 members (excludes halogenated alkanes) is 2. The van der Waals surface area contributed by atoms with Crippen LogP contribution in [0.4, 0.5) is 4.39 Å². The molecule has 0 aliphatic heterocycles. The minimum absolute atomic E-state index is 0.0396. The summed E-state index contributed by atoms with van der Waals surface area (Å²) in [4.78, 5) is 10.8. The number of hydrogen-bond donors (Lipinski definition) is 2. The van der Waals surface area contributed by atoms with E-state index in [1.807, 2.05) is 20.8 Å². The Morgan fingerprint density at radius 2 is 1.63 bits per heavy atom. The number of aliphatic hydroxyl groups is 1. The fraction of sp³-hybridized carbons (Fsp3) is 0.480. The SMILES string of the molecule is COc1c(C)c(C)c(C(C)O)c(C)c1[C@H](CCCCCC(=O)O)c1ccc(F)cc1. The molecule has 0 heterocycles. The third kappa shape index (κ3) is 5.39. The molecule has 0 aliphatic rings. The molecule has 4 nitrogen and oxygen atoms in total. The normalized spacial score (nSPS) is 13.2. The maximum atomic E-state index is 13.6. The lowest BCUT2D eigenvalue weighted by molar-refractivity contribution is -0.137. The number of carbonyl (C=O) groups is 1. The van der Waals surface area contributed by atoms with Crippen molar-refractivity contribution in [2.45, 2.75) is 71.8 Å². The first-order valence-corrected chi connectivity index (χ1v) is 10.5. The van der Waals surface area contributed by atoms with Crippen LogP contribution >= 0.6 is 0 Å². The standard InChI is InChI=1S/C25H33FO4/c1-15-16(2)25(30-5)24(17(3)23(15)18(4)27)21(9-7-6-8-10-22(28)29)19-11-13-20(26)14-12-19/h11-14,18,21,27H,6-10H2,1-5H3,(H,28,29)/t18?,21-/m1/s1. The lowest BCUT2D eigenvalue weighted by Gasteiger charge is -2.28. The molecule has 0 saturated carbocycles. The van der Waals surface area contributed by atoms with E-state index in [4.69, 9.17) is 9.84 Å². The van der Waals surface area contributed by atoms with Gasteiger partial charge >= 0.3 is 5.97 Å². The largest absolute Gasteiger partial charge is 0.496 e. The molecule has 0 fully saturated rings. The second-order valence-electron chi connectivity index (χ2n) is 8.01. The van der Waals surface area contributed by atoms with Crippen LogP contribution in [0.25, 0.3) is 0 Å². The van der Waals surface area contributed by atoms with Crippen molar-refractivity contribution in [3.8, 4) is 5.75 Å². The van der Waals surface area contributed by atoms with Crippen LogP contribution in [0, 0.1) is 26.6 Å². The molecule has 2 aromatic carbocycles. The smallest absolute Gasteiger partial charge is 0.303 e. The Balaban J connectivity index is 2.54. The van der Waals surface area contributed by atoms with E-state index in [1.54, 1.807) is 26.2 Å². The quantitative estimate of drug-likeness (QED) is 0.468. The summed E-state index contributed by atoms with van der Waals surface area (Å²) in [7, 11) is 1.65. The first-order chi connectivity index (χ1) is 14.2. The van der Waals surface area contributed by atoms with Crippen molar-refractivity contribution in [1.29, 1.82) is 0 Å². The molecular weight excluding hydrogens is 383 g/mol. The molecule has 1 unspecified atom stereocenters. The number of ether oxygens (including phenoxy) is 1. The molecule has 0 aromatic heterocycles. The molecular formula is C25H33FO4. The maximum Gasteiger partial charge on any atom is 0.303 e. The van der Waals surface area contributed by atoms with Crippen LogP contribution in [0.1, 0.15) is 84.4 Å². The third-order valence-corrected chi connectivity index (χ3v) is 5.99. The van der Waals surface area contributed by atoms with Crippen LogP contribution < -0.4 is 4.74 Å². The maximum absolute atomic E-state index is 13.6. The fourth-order valence-corrected chi connectivity index (χ4v) is 4.45. The van der Waals surface area contributed by atoms with E-state index < -0.39 is 12.1 Å². The first kappa shape index (κ1) is 23.9. The van der Waals surface area contributed by atoms with Gasteiger partial charge in [-0.1, -0.05) is 25.0 Å². The summed E-state index contributed by atoms with van der Waals surface area (Å²) in [5.41, 5.74) is 5.90. The van der Waals surface area contributed by atoms with Crippen molar-refractivity contribution in [3.63, 3.8) is 0 Å². The predicted molar refractivity (Wildman–Crippen MR) is 117 cm³/mol. The summed E-state index contributed by atoms with van der Waals surface area (Å²) in [5.74, 6) is -0.304. The highest BCUT2D eigenvalue weighted by Crippen LogP contribution is 2.44. The number of aliphatic hydroxyl groups excluding tert-OH is 1. The number of carboxylic acid groups (broad SMARTS) is 1. The van der Waals surface area contributed by atoms with Crippen LogP contribution in [0.15, 0.2) is 24.3 Å². The van der Waals surface area contributed by atoms with Crippen molar-refractivity contribution in [2.24, 2.45) is 0 Å². The Hall–Kier alpha value is -2.40. The van der Waals surface area contributed by atoms with Gasteiger partial charge in [0.25, 0.3) is 0 Å². The molecule has 5 heteroatoms. The number of carboxylic acids is 1. The number of rotatable bonds is 10. The molecule has 0 radical (unpaired) electrons. The van der Waals surface area contributed by atoms with Crippen LogP contribution in [0.2, 0.25) is 0 Å². The van der Waals surface area contributed by atoms with Crippen molar-refractivity contribution in [1.82, 2.24) is 0 Å². The molecule has 2 aromatic rings. The second kappa shape index (κ2) is 10.6. The van der Waals surface area contributed by atoms with Gasteiger partial charge in [0.1, 0.15) is 11.6 Å². The lowest BCUT2D eigenvalue weighted by Crippen LogP contribution is -2.12. The van der Waals surface area contributed by atoms with Crippen LogP contribution in [-0.4, -0.2) is 23.3 Å². The monoisotopic (exact) mass is 416 g/mol. The summed E-state index contributed by atoms with van der Waals surface area (Å²) < 4.78 is 19.4. The van der Waals surface area contributed by atoms with Gasteiger partial charge in [0.15, 0.2) is 0 Å². The van der Waals surface area contributed by atoms with Gasteiger partial charge in [0.2, 0.25) is 0 Å². The number of hydrogen-bond acceptors (Lipinski definition) is 3. The highest BCUT2D eigenvalue weighted by molar-refractivity contribution is 5.66. The Bertz CT molecular complexity index is 872. The fourth-order valence-electron chi connectivity index (χ4n) is 4.45. The number of halogens is 1. The predicted octanol–water partition coefficient (Wildman–Crippen LogP) is 5.98. The molecule has 0 bridgehead atoms. The van der Waals surface area contributed by atoms with Gasteiger partial charge in [-0.05, 0) is 80.5 Å². The van der Waals surface area contributed by atoms with Gasteiger partial charge in [-0.25, -0.2) is 4.39 Å². The van der Waals surface area contributed by atoms with E-state index in [0.717, 1.165) is 58.4 Å². The Morgan fingerprint density at radius 3 is 2.17 bits per heavy atom. The van der Waals surface area contributed by atoms with Crippen LogP contribution in [0.3, 0.4) is 0 Å². The van der Waals surface area contributed by atoms with Gasteiger partial charge in [-0.2, -0.15) is 0 Å². The number of benzene rings is 2. The zero-order chi connectivity index (χ0) is 22.4. The molecule has 0 saturated heterocycles. The first-order valence-electron chi connectivity index (χ1n) is 10.5. The van der Waals surface area contributed by atoms with Gasteiger partial charge in [-0.3, -0.25) is 4.79 Å². The topological polar surface area (TPSA) is 66.8 Å². The average Bonchev–Trinajstić information content (AvgIpc) is 2.68. The Labute approximate surface area is 178 Å². The summed E-state index contributed by atoms with van der Waals surface area (Å²) in [6.07, 6.45) is 2.61. The summed E-state index contributed by atoms with van der Waals surface area (Å²) >= 11 is 0. The Morgan fingerprint density at radius 1 is 1.00 bits per heavy atom. The Kier molecular flexibility index (Phi) is 8.42. The van der Waals surface area contributed by atoms with Crippen molar-refractivity contribution >= 4 is 5.97 Å². The summed E-state index contributed by atoms with van der Waals surface area (Å²) in [6.45, 7) is 7.77. The minimum atomic E-state index is -0.779. The zero-order valence-corrected chi connectivity index (χ0v) is 18.6. The van der Waals surface area contributed by atoms with E-state index in [2.05, 4.69) is 0 Å². The van der Waals surface area contributed by atoms with Crippen molar-refractivity contribution < 1.29 is 24.1 Å². The van der Waals surface area contributed by atoms with E-state index in [0.29, 0.717) is 6.42 Å². The van der Waals surface area contributed by atoms with E-state index in [9.17, 15) is 14.3 Å². The summed E-state index contributed by atoms with van der Waals surface area (Å²) in [5, 5.41) is 19.3. The third-order valence-electron chi connectivity index (χ3n) is 5.99. The highest BCUT2D eigenvalue weighted by Gasteiger charge is 2.27. The molecule has 0 spiro atoms. The van der Waals surface area contributed by atoms with Gasteiger partial charge < -0.3 is 14.9 Å².